The Morgan fingerprint density at radius 2 is 2.21 bits per heavy atom. The van der Waals surface area contributed by atoms with Gasteiger partial charge in [-0.25, -0.2) is 9.97 Å². The summed E-state index contributed by atoms with van der Waals surface area (Å²) in [7, 11) is 0. The van der Waals surface area contributed by atoms with Gasteiger partial charge < -0.3 is 15.5 Å². The highest BCUT2D eigenvalue weighted by Gasteiger charge is 2.22. The number of pyridine rings is 1. The maximum absolute atomic E-state index is 12.2. The van der Waals surface area contributed by atoms with Gasteiger partial charge in [0.25, 0.3) is 0 Å². The minimum atomic E-state index is 0.0934. The maximum atomic E-state index is 12.2. The molecule has 1 amide bonds. The summed E-state index contributed by atoms with van der Waals surface area (Å²) >= 11 is 0. The zero-order valence-corrected chi connectivity index (χ0v) is 16.6. The molecule has 0 spiro atoms. The molecule has 2 aromatic heterocycles. The topological polar surface area (TPSA) is 83.0 Å². The largest absolute Gasteiger partial charge is 0.370 e. The van der Waals surface area contributed by atoms with Gasteiger partial charge >= 0.3 is 0 Å². The smallest absolute Gasteiger partial charge is 0.220 e. The number of nitrogens with zero attached hydrogens (tertiary/aromatic N) is 4. The molecule has 0 saturated carbocycles. The van der Waals surface area contributed by atoms with Crippen LogP contribution in [0.5, 0.6) is 0 Å². The number of carbonyl (C=O) groups excluding carboxylic acids is 1. The molecule has 1 fully saturated rings. The van der Waals surface area contributed by atoms with Gasteiger partial charge in [-0.1, -0.05) is 13.0 Å². The number of carbonyl (C=O) groups is 1. The molecule has 1 atom stereocenters. The van der Waals surface area contributed by atoms with Crippen molar-refractivity contribution in [3.63, 3.8) is 0 Å². The standard InChI is InChI=1S/C21H30N6O/c1-2-10-23-19-13-20(26-16-25-19)27-12-5-6-17(15-27)8-9-21(28)24-14-18-7-3-4-11-22-18/h3-4,7,11,13,16-17H,2,5-6,8-10,12,14-15H2,1H3,(H,24,28)(H,23,25,26)/t17-/m0/s1. The van der Waals surface area contributed by atoms with Gasteiger partial charge in [0, 0.05) is 38.3 Å². The first-order chi connectivity index (χ1) is 13.7. The van der Waals surface area contributed by atoms with Gasteiger partial charge in [0.05, 0.1) is 12.2 Å². The van der Waals surface area contributed by atoms with Crippen molar-refractivity contribution in [3.05, 3.63) is 42.5 Å². The Morgan fingerprint density at radius 3 is 3.04 bits per heavy atom. The highest BCUT2D eigenvalue weighted by Crippen LogP contribution is 2.25. The van der Waals surface area contributed by atoms with Crippen molar-refractivity contribution in [2.24, 2.45) is 5.92 Å². The number of anilines is 2. The number of aromatic nitrogens is 3. The second-order valence-electron chi connectivity index (χ2n) is 7.28. The molecule has 1 aliphatic rings. The molecule has 0 aromatic carbocycles. The molecule has 0 aliphatic carbocycles. The second kappa shape index (κ2) is 10.6. The summed E-state index contributed by atoms with van der Waals surface area (Å²) in [6.07, 6.45) is 8.18. The average Bonchev–Trinajstić information content (AvgIpc) is 2.76. The molecule has 3 heterocycles. The number of hydrogen-bond acceptors (Lipinski definition) is 6. The molecule has 28 heavy (non-hydrogen) atoms. The number of nitrogens with one attached hydrogen (secondary N) is 2. The van der Waals surface area contributed by atoms with E-state index in [9.17, 15) is 4.79 Å². The zero-order valence-electron chi connectivity index (χ0n) is 16.6. The molecule has 7 nitrogen and oxygen atoms in total. The lowest BCUT2D eigenvalue weighted by Gasteiger charge is -2.33. The van der Waals surface area contributed by atoms with E-state index in [1.54, 1.807) is 12.5 Å². The molecule has 0 unspecified atom stereocenters. The van der Waals surface area contributed by atoms with Crippen molar-refractivity contribution >= 4 is 17.5 Å². The lowest BCUT2D eigenvalue weighted by Crippen LogP contribution is -2.36. The van der Waals surface area contributed by atoms with Crippen LogP contribution in [-0.2, 0) is 11.3 Å². The van der Waals surface area contributed by atoms with Gasteiger partial charge in [-0.15, -0.1) is 0 Å². The molecule has 1 saturated heterocycles. The molecule has 150 valence electrons. The van der Waals surface area contributed by atoms with Crippen LogP contribution in [-0.4, -0.2) is 40.5 Å². The number of amides is 1. The summed E-state index contributed by atoms with van der Waals surface area (Å²) in [6, 6.07) is 7.75. The van der Waals surface area contributed by atoms with Crippen LogP contribution < -0.4 is 15.5 Å². The van der Waals surface area contributed by atoms with E-state index in [4.69, 9.17) is 0 Å². The van der Waals surface area contributed by atoms with Crippen LogP contribution in [0.25, 0.3) is 0 Å². The Morgan fingerprint density at radius 1 is 1.29 bits per heavy atom. The lowest BCUT2D eigenvalue weighted by molar-refractivity contribution is -0.121. The first kappa shape index (κ1) is 20.0. The summed E-state index contributed by atoms with van der Waals surface area (Å²) in [4.78, 5) is 27.5. The van der Waals surface area contributed by atoms with Crippen LogP contribution in [0.2, 0.25) is 0 Å². The molecule has 0 radical (unpaired) electrons. The molecule has 2 N–H and O–H groups in total. The first-order valence-corrected chi connectivity index (χ1v) is 10.2. The number of piperidine rings is 1. The third-order valence-corrected chi connectivity index (χ3v) is 5.02. The zero-order chi connectivity index (χ0) is 19.6. The summed E-state index contributed by atoms with van der Waals surface area (Å²) in [5.41, 5.74) is 0.885. The fourth-order valence-corrected chi connectivity index (χ4v) is 3.49. The SMILES string of the molecule is CCCNc1cc(N2CCC[C@@H](CCC(=O)NCc3ccccn3)C2)ncn1. The van der Waals surface area contributed by atoms with Crippen LogP contribution in [0.3, 0.4) is 0 Å². The predicted octanol–water partition coefficient (Wildman–Crippen LogP) is 3.01. The van der Waals surface area contributed by atoms with Crippen LogP contribution >= 0.6 is 0 Å². The maximum Gasteiger partial charge on any atom is 0.220 e. The normalized spacial score (nSPS) is 16.6. The highest BCUT2D eigenvalue weighted by atomic mass is 16.1. The Kier molecular flexibility index (Phi) is 7.58. The van der Waals surface area contributed by atoms with Gasteiger partial charge in [0.2, 0.25) is 5.91 Å². The minimum absolute atomic E-state index is 0.0934. The van der Waals surface area contributed by atoms with Crippen molar-refractivity contribution < 1.29 is 4.79 Å². The van der Waals surface area contributed by atoms with Crippen molar-refractivity contribution in [1.29, 1.82) is 0 Å². The molecule has 2 aromatic rings. The van der Waals surface area contributed by atoms with E-state index in [1.807, 2.05) is 24.3 Å². The van der Waals surface area contributed by atoms with Crippen molar-refractivity contribution in [3.8, 4) is 0 Å². The summed E-state index contributed by atoms with van der Waals surface area (Å²) in [5, 5.41) is 6.28. The van der Waals surface area contributed by atoms with E-state index in [0.29, 0.717) is 18.9 Å². The van der Waals surface area contributed by atoms with Gasteiger partial charge in [0.15, 0.2) is 0 Å². The van der Waals surface area contributed by atoms with Crippen LogP contribution in [0.15, 0.2) is 36.8 Å². The van der Waals surface area contributed by atoms with Gasteiger partial charge in [-0.3, -0.25) is 9.78 Å². The fourth-order valence-electron chi connectivity index (χ4n) is 3.49. The highest BCUT2D eigenvalue weighted by molar-refractivity contribution is 5.75. The molecule has 1 aliphatic heterocycles. The molecule has 0 bridgehead atoms. The first-order valence-electron chi connectivity index (χ1n) is 10.2. The van der Waals surface area contributed by atoms with Crippen LogP contribution in [0.1, 0.15) is 44.7 Å². The molecule has 7 heteroatoms. The molecular weight excluding hydrogens is 352 g/mol. The van der Waals surface area contributed by atoms with E-state index in [2.05, 4.69) is 37.4 Å². The van der Waals surface area contributed by atoms with Crippen molar-refractivity contribution in [2.75, 3.05) is 29.9 Å². The van der Waals surface area contributed by atoms with Gasteiger partial charge in [-0.2, -0.15) is 0 Å². The Hall–Kier alpha value is -2.70. The lowest BCUT2D eigenvalue weighted by atomic mass is 9.93. The third-order valence-electron chi connectivity index (χ3n) is 5.02. The Labute approximate surface area is 167 Å². The number of rotatable bonds is 9. The van der Waals surface area contributed by atoms with E-state index in [1.165, 1.54) is 0 Å². The summed E-state index contributed by atoms with van der Waals surface area (Å²) in [6.45, 7) is 5.48. The third kappa shape index (κ3) is 6.18. The molecular formula is C21H30N6O. The van der Waals surface area contributed by atoms with Gasteiger partial charge in [0.1, 0.15) is 18.0 Å². The van der Waals surface area contributed by atoms with Crippen molar-refractivity contribution in [1.82, 2.24) is 20.3 Å². The van der Waals surface area contributed by atoms with Crippen molar-refractivity contribution in [2.45, 2.75) is 45.6 Å². The van der Waals surface area contributed by atoms with E-state index in [0.717, 1.165) is 62.6 Å². The Balaban J connectivity index is 1.45. The quantitative estimate of drug-likeness (QED) is 0.694. The van der Waals surface area contributed by atoms with E-state index < -0.39 is 0 Å². The second-order valence-corrected chi connectivity index (χ2v) is 7.28. The summed E-state index contributed by atoms with van der Waals surface area (Å²) in [5.74, 6) is 2.45. The van der Waals surface area contributed by atoms with Crippen LogP contribution in [0, 0.1) is 5.92 Å². The number of hydrogen-bond donors (Lipinski definition) is 2. The fraction of sp³-hybridized carbons (Fsp3) is 0.524. The van der Waals surface area contributed by atoms with Crippen LogP contribution in [0.4, 0.5) is 11.6 Å². The minimum Gasteiger partial charge on any atom is -0.370 e. The van der Waals surface area contributed by atoms with E-state index >= 15 is 0 Å². The van der Waals surface area contributed by atoms with E-state index in [-0.39, 0.29) is 5.91 Å². The summed E-state index contributed by atoms with van der Waals surface area (Å²) < 4.78 is 0. The average molecular weight is 383 g/mol. The molecule has 3 rings (SSSR count). The monoisotopic (exact) mass is 382 g/mol. The predicted molar refractivity (Wildman–Crippen MR) is 111 cm³/mol. The Bertz CT molecular complexity index is 739. The van der Waals surface area contributed by atoms with Gasteiger partial charge in [-0.05, 0) is 43.7 Å².